The van der Waals surface area contributed by atoms with Crippen molar-refractivity contribution in [1.29, 1.82) is 0 Å². The molecular formula is C21H21Cl2N5O. The Labute approximate surface area is 179 Å². The Morgan fingerprint density at radius 3 is 2.55 bits per heavy atom. The number of halogens is 2. The molecule has 150 valence electrons. The zero-order valence-electron chi connectivity index (χ0n) is 15.8. The number of hydrogen-bond acceptors (Lipinski definition) is 3. The second-order valence-corrected chi connectivity index (χ2v) is 8.60. The Balaban J connectivity index is 1.40. The highest BCUT2D eigenvalue weighted by Gasteiger charge is 2.35. The number of amides is 1. The van der Waals surface area contributed by atoms with Gasteiger partial charge < -0.3 is 9.47 Å². The molecule has 8 heteroatoms. The van der Waals surface area contributed by atoms with Gasteiger partial charge in [-0.15, -0.1) is 0 Å². The van der Waals surface area contributed by atoms with Crippen molar-refractivity contribution in [2.24, 2.45) is 0 Å². The molecule has 3 aromatic rings. The highest BCUT2D eigenvalue weighted by atomic mass is 35.5. The SMILES string of the molecule is O=C(c1cnn(-c2ccc(Cl)cc2Cl)c1C1CC1)N1CCC(n2ccnc2)CC1. The topological polar surface area (TPSA) is 56.0 Å². The molecule has 0 spiro atoms. The highest BCUT2D eigenvalue weighted by molar-refractivity contribution is 6.35. The third-order valence-corrected chi connectivity index (χ3v) is 6.37. The maximum absolute atomic E-state index is 13.3. The molecule has 1 aliphatic heterocycles. The van der Waals surface area contributed by atoms with Crippen LogP contribution < -0.4 is 0 Å². The summed E-state index contributed by atoms with van der Waals surface area (Å²) in [6.07, 6.45) is 11.3. The van der Waals surface area contributed by atoms with Gasteiger partial charge in [-0.2, -0.15) is 5.10 Å². The lowest BCUT2D eigenvalue weighted by Crippen LogP contribution is -2.39. The molecule has 1 aromatic carbocycles. The van der Waals surface area contributed by atoms with E-state index < -0.39 is 0 Å². The summed E-state index contributed by atoms with van der Waals surface area (Å²) in [5.74, 6) is 0.416. The maximum Gasteiger partial charge on any atom is 0.257 e. The van der Waals surface area contributed by atoms with Gasteiger partial charge in [0.2, 0.25) is 0 Å². The fourth-order valence-electron chi connectivity index (χ4n) is 4.14. The van der Waals surface area contributed by atoms with Crippen molar-refractivity contribution in [3.05, 3.63) is 64.4 Å². The van der Waals surface area contributed by atoms with E-state index in [-0.39, 0.29) is 5.91 Å². The quantitative estimate of drug-likeness (QED) is 0.602. The number of hydrogen-bond donors (Lipinski definition) is 0. The third kappa shape index (κ3) is 3.55. The van der Waals surface area contributed by atoms with Crippen molar-refractivity contribution in [1.82, 2.24) is 24.2 Å². The summed E-state index contributed by atoms with van der Waals surface area (Å²) in [7, 11) is 0. The zero-order valence-corrected chi connectivity index (χ0v) is 17.4. The number of likely N-dealkylation sites (tertiary alicyclic amines) is 1. The molecule has 2 fully saturated rings. The van der Waals surface area contributed by atoms with Crippen molar-refractivity contribution in [3.8, 4) is 5.69 Å². The van der Waals surface area contributed by atoms with Crippen LogP contribution in [0.2, 0.25) is 10.0 Å². The van der Waals surface area contributed by atoms with Crippen LogP contribution in [0, 0.1) is 0 Å². The molecule has 1 amide bonds. The lowest BCUT2D eigenvalue weighted by atomic mass is 10.0. The summed E-state index contributed by atoms with van der Waals surface area (Å²) < 4.78 is 3.96. The number of benzene rings is 1. The average molecular weight is 430 g/mol. The van der Waals surface area contributed by atoms with Gasteiger partial charge >= 0.3 is 0 Å². The molecular weight excluding hydrogens is 409 g/mol. The molecule has 0 atom stereocenters. The molecule has 0 N–H and O–H groups in total. The standard InChI is InChI=1S/C21H21Cl2N5O/c22-15-3-4-19(18(23)11-15)28-20(14-1-2-14)17(12-25-28)21(29)26-8-5-16(6-9-26)27-10-7-24-13-27/h3-4,7,10-14,16H,1-2,5-6,8-9H2. The number of rotatable bonds is 4. The number of carbonyl (C=O) groups excluding carboxylic acids is 1. The van der Waals surface area contributed by atoms with Crippen LogP contribution in [-0.2, 0) is 0 Å². The fraction of sp³-hybridized carbons (Fsp3) is 0.381. The van der Waals surface area contributed by atoms with Crippen molar-refractivity contribution < 1.29 is 4.79 Å². The Morgan fingerprint density at radius 1 is 1.10 bits per heavy atom. The molecule has 0 unspecified atom stereocenters. The molecule has 3 heterocycles. The lowest BCUT2D eigenvalue weighted by molar-refractivity contribution is 0.0693. The number of imidazole rings is 1. The van der Waals surface area contributed by atoms with Crippen LogP contribution in [0.4, 0.5) is 0 Å². The summed E-state index contributed by atoms with van der Waals surface area (Å²) in [5.41, 5.74) is 2.42. The van der Waals surface area contributed by atoms with Gasteiger partial charge in [0.1, 0.15) is 0 Å². The summed E-state index contributed by atoms with van der Waals surface area (Å²) in [4.78, 5) is 19.4. The summed E-state index contributed by atoms with van der Waals surface area (Å²) in [6, 6.07) is 5.76. The molecule has 0 radical (unpaired) electrons. The molecule has 6 nitrogen and oxygen atoms in total. The molecule has 2 aliphatic rings. The van der Waals surface area contributed by atoms with Gasteiger partial charge in [0, 0.05) is 42.5 Å². The molecule has 0 bridgehead atoms. The summed E-state index contributed by atoms with van der Waals surface area (Å²) >= 11 is 12.5. The van der Waals surface area contributed by atoms with Crippen molar-refractivity contribution in [2.75, 3.05) is 13.1 Å². The second-order valence-electron chi connectivity index (χ2n) is 7.76. The smallest absolute Gasteiger partial charge is 0.257 e. The van der Waals surface area contributed by atoms with E-state index in [1.807, 2.05) is 28.2 Å². The molecule has 29 heavy (non-hydrogen) atoms. The maximum atomic E-state index is 13.3. The van der Waals surface area contributed by atoms with Crippen molar-refractivity contribution >= 4 is 29.1 Å². The molecule has 2 aromatic heterocycles. The van der Waals surface area contributed by atoms with Gasteiger partial charge in [-0.1, -0.05) is 23.2 Å². The van der Waals surface area contributed by atoms with E-state index in [1.54, 1.807) is 24.5 Å². The van der Waals surface area contributed by atoms with Crippen LogP contribution in [0.15, 0.2) is 43.1 Å². The van der Waals surface area contributed by atoms with Crippen LogP contribution >= 0.6 is 23.2 Å². The van der Waals surface area contributed by atoms with Gasteiger partial charge in [0.15, 0.2) is 0 Å². The molecule has 5 rings (SSSR count). The zero-order chi connectivity index (χ0) is 20.0. The Kier molecular flexibility index (Phi) is 4.84. The van der Waals surface area contributed by atoms with Crippen molar-refractivity contribution in [2.45, 2.75) is 37.6 Å². The van der Waals surface area contributed by atoms with Gasteiger partial charge in [-0.25, -0.2) is 9.67 Å². The van der Waals surface area contributed by atoms with Crippen LogP contribution in [-0.4, -0.2) is 43.2 Å². The lowest BCUT2D eigenvalue weighted by Gasteiger charge is -2.32. The van der Waals surface area contributed by atoms with Gasteiger partial charge in [0.05, 0.1) is 34.5 Å². The van der Waals surface area contributed by atoms with Crippen LogP contribution in [0.1, 0.15) is 53.7 Å². The summed E-state index contributed by atoms with van der Waals surface area (Å²) in [5, 5.41) is 5.65. The molecule has 1 aliphatic carbocycles. The first-order valence-electron chi connectivity index (χ1n) is 9.92. The van der Waals surface area contributed by atoms with Crippen LogP contribution in [0.5, 0.6) is 0 Å². The first-order valence-corrected chi connectivity index (χ1v) is 10.7. The minimum Gasteiger partial charge on any atom is -0.338 e. The largest absolute Gasteiger partial charge is 0.338 e. The Bertz CT molecular complexity index is 1030. The predicted molar refractivity (Wildman–Crippen MR) is 112 cm³/mol. The summed E-state index contributed by atoms with van der Waals surface area (Å²) in [6.45, 7) is 1.47. The minimum atomic E-state index is 0.0623. The normalized spacial score (nSPS) is 17.7. The highest BCUT2D eigenvalue weighted by Crippen LogP contribution is 2.43. The van der Waals surface area contributed by atoms with E-state index in [9.17, 15) is 4.79 Å². The van der Waals surface area contributed by atoms with Gasteiger partial charge in [-0.05, 0) is 43.9 Å². The van der Waals surface area contributed by atoms with E-state index in [0.717, 1.165) is 50.2 Å². The number of aromatic nitrogens is 4. The fourth-order valence-corrected chi connectivity index (χ4v) is 4.63. The predicted octanol–water partition coefficient (Wildman–Crippen LogP) is 4.73. The molecule has 1 saturated heterocycles. The third-order valence-electron chi connectivity index (χ3n) is 5.84. The number of nitrogens with zero attached hydrogens (tertiary/aromatic N) is 5. The Morgan fingerprint density at radius 2 is 1.90 bits per heavy atom. The number of piperidine rings is 1. The Hall–Kier alpha value is -2.31. The van der Waals surface area contributed by atoms with E-state index in [4.69, 9.17) is 23.2 Å². The first-order chi connectivity index (χ1) is 14.1. The van der Waals surface area contributed by atoms with E-state index in [0.29, 0.717) is 27.6 Å². The van der Waals surface area contributed by atoms with E-state index >= 15 is 0 Å². The first kappa shape index (κ1) is 18.7. The monoisotopic (exact) mass is 429 g/mol. The van der Waals surface area contributed by atoms with Gasteiger partial charge in [0.25, 0.3) is 5.91 Å². The van der Waals surface area contributed by atoms with Crippen LogP contribution in [0.3, 0.4) is 0 Å². The van der Waals surface area contributed by atoms with Gasteiger partial charge in [-0.3, -0.25) is 4.79 Å². The number of carbonyl (C=O) groups is 1. The van der Waals surface area contributed by atoms with E-state index in [2.05, 4.69) is 14.6 Å². The average Bonchev–Trinajstić information content (AvgIpc) is 3.24. The second kappa shape index (κ2) is 7.50. The molecule has 1 saturated carbocycles. The van der Waals surface area contributed by atoms with Crippen LogP contribution in [0.25, 0.3) is 5.69 Å². The minimum absolute atomic E-state index is 0.0623. The van der Waals surface area contributed by atoms with Crippen molar-refractivity contribution in [3.63, 3.8) is 0 Å². The van der Waals surface area contributed by atoms with E-state index in [1.165, 1.54) is 0 Å².